The Morgan fingerprint density at radius 2 is 1.87 bits per heavy atom. The maximum Gasteiger partial charge on any atom is 0.438 e. The fourth-order valence-corrected chi connectivity index (χ4v) is 5.84. The standard InChI is InChI=1S/C20H17ClFN3O5S/c1-10-4-6-15(22)17(11(10)2)12(3)18(24-20(27)30-9-23-24)25-19(26)14-8-13(21)5-7-16(14)31(25,28)29/h4-9,12,18H,1-3H3/t12-,18+/m1/s1. The minimum Gasteiger partial charge on any atom is -0.395 e. The van der Waals surface area contributed by atoms with E-state index in [1.54, 1.807) is 19.9 Å². The molecule has 0 N–H and O–H groups in total. The fourth-order valence-electron chi connectivity index (χ4n) is 3.91. The molecule has 2 atom stereocenters. The minimum atomic E-state index is -4.38. The molecular formula is C20H17ClFN3O5S. The van der Waals surface area contributed by atoms with E-state index in [0.717, 1.165) is 16.6 Å². The van der Waals surface area contributed by atoms with Crippen LogP contribution in [0.1, 0.15) is 46.1 Å². The van der Waals surface area contributed by atoms with Gasteiger partial charge in [0.15, 0.2) is 6.17 Å². The van der Waals surface area contributed by atoms with Crippen LogP contribution in [0.4, 0.5) is 4.39 Å². The summed E-state index contributed by atoms with van der Waals surface area (Å²) in [5, 5.41) is 3.97. The predicted molar refractivity (Wildman–Crippen MR) is 109 cm³/mol. The molecule has 0 bridgehead atoms. The summed E-state index contributed by atoms with van der Waals surface area (Å²) in [5.41, 5.74) is 1.36. The van der Waals surface area contributed by atoms with E-state index in [2.05, 4.69) is 5.10 Å². The number of halogens is 2. The Bertz CT molecular complexity index is 1380. The lowest BCUT2D eigenvalue weighted by Crippen LogP contribution is -2.43. The van der Waals surface area contributed by atoms with Crippen LogP contribution >= 0.6 is 11.6 Å². The van der Waals surface area contributed by atoms with E-state index in [1.807, 2.05) is 0 Å². The van der Waals surface area contributed by atoms with Gasteiger partial charge < -0.3 is 4.42 Å². The summed E-state index contributed by atoms with van der Waals surface area (Å²) in [6.45, 7) is 4.98. The van der Waals surface area contributed by atoms with Crippen LogP contribution in [0.5, 0.6) is 0 Å². The maximum absolute atomic E-state index is 14.9. The number of sulfonamides is 1. The monoisotopic (exact) mass is 465 g/mol. The average Bonchev–Trinajstić information content (AvgIpc) is 3.20. The number of benzene rings is 2. The summed E-state index contributed by atoms with van der Waals surface area (Å²) in [6, 6.07) is 6.65. The third kappa shape index (κ3) is 3.17. The minimum absolute atomic E-state index is 0.136. The molecular weight excluding hydrogens is 449 g/mol. The van der Waals surface area contributed by atoms with Crippen LogP contribution in [0.2, 0.25) is 5.02 Å². The Kier molecular flexibility index (Phi) is 5.01. The Balaban J connectivity index is 1.97. The zero-order chi connectivity index (χ0) is 22.7. The molecule has 2 aromatic carbocycles. The van der Waals surface area contributed by atoms with Gasteiger partial charge in [-0.3, -0.25) is 4.79 Å². The summed E-state index contributed by atoms with van der Waals surface area (Å²) in [6.07, 6.45) is -0.677. The molecule has 4 rings (SSSR count). The first kappa shape index (κ1) is 21.3. The molecule has 0 saturated heterocycles. The van der Waals surface area contributed by atoms with E-state index in [-0.39, 0.29) is 21.0 Å². The average molecular weight is 466 g/mol. The van der Waals surface area contributed by atoms with Gasteiger partial charge in [0, 0.05) is 10.9 Å². The van der Waals surface area contributed by atoms with Crippen LogP contribution in [0.3, 0.4) is 0 Å². The van der Waals surface area contributed by atoms with Crippen molar-refractivity contribution in [2.75, 3.05) is 0 Å². The van der Waals surface area contributed by atoms with Crippen molar-refractivity contribution in [2.24, 2.45) is 0 Å². The van der Waals surface area contributed by atoms with Crippen LogP contribution < -0.4 is 5.76 Å². The van der Waals surface area contributed by atoms with E-state index in [9.17, 15) is 22.4 Å². The molecule has 1 aromatic heterocycles. The van der Waals surface area contributed by atoms with Crippen molar-refractivity contribution in [1.82, 2.24) is 14.1 Å². The van der Waals surface area contributed by atoms with Gasteiger partial charge in [0.1, 0.15) is 10.7 Å². The lowest BCUT2D eigenvalue weighted by molar-refractivity contribution is 0.0745. The van der Waals surface area contributed by atoms with Crippen molar-refractivity contribution in [1.29, 1.82) is 0 Å². The molecule has 31 heavy (non-hydrogen) atoms. The van der Waals surface area contributed by atoms with Crippen molar-refractivity contribution < 1.29 is 22.0 Å². The molecule has 162 valence electrons. The molecule has 0 fully saturated rings. The largest absolute Gasteiger partial charge is 0.438 e. The molecule has 2 heterocycles. The second-order valence-corrected chi connectivity index (χ2v) is 9.52. The summed E-state index contributed by atoms with van der Waals surface area (Å²) in [4.78, 5) is 25.3. The number of rotatable bonds is 4. The van der Waals surface area contributed by atoms with Gasteiger partial charge in [-0.1, -0.05) is 24.6 Å². The highest BCUT2D eigenvalue weighted by Gasteiger charge is 2.49. The third-order valence-corrected chi connectivity index (χ3v) is 7.59. The normalized spacial score (nSPS) is 16.9. The Morgan fingerprint density at radius 1 is 1.16 bits per heavy atom. The van der Waals surface area contributed by atoms with Crippen molar-refractivity contribution >= 4 is 27.5 Å². The molecule has 1 aliphatic rings. The summed E-state index contributed by atoms with van der Waals surface area (Å²) in [5.74, 6) is -3.46. The third-order valence-electron chi connectivity index (χ3n) is 5.55. The molecule has 1 aliphatic heterocycles. The van der Waals surface area contributed by atoms with Crippen molar-refractivity contribution in [3.8, 4) is 0 Å². The molecule has 8 nitrogen and oxygen atoms in total. The van der Waals surface area contributed by atoms with Gasteiger partial charge in [0.2, 0.25) is 6.39 Å². The second kappa shape index (κ2) is 7.31. The summed E-state index contributed by atoms with van der Waals surface area (Å²) >= 11 is 5.95. The van der Waals surface area contributed by atoms with Gasteiger partial charge >= 0.3 is 5.76 Å². The molecule has 0 radical (unpaired) electrons. The molecule has 1 amide bonds. The van der Waals surface area contributed by atoms with E-state index in [1.165, 1.54) is 31.2 Å². The quantitative estimate of drug-likeness (QED) is 0.585. The first-order valence-electron chi connectivity index (χ1n) is 9.22. The SMILES string of the molecule is Cc1ccc(F)c([C@@H](C)[C@H](N2C(=O)c3cc(Cl)ccc3S2(=O)=O)n2ncoc2=O)c1C. The van der Waals surface area contributed by atoms with Crippen LogP contribution in [0.25, 0.3) is 0 Å². The highest BCUT2D eigenvalue weighted by atomic mass is 35.5. The zero-order valence-electron chi connectivity index (χ0n) is 16.7. The number of hydrogen-bond donors (Lipinski definition) is 0. The van der Waals surface area contributed by atoms with Crippen LogP contribution in [0, 0.1) is 19.7 Å². The lowest BCUT2D eigenvalue weighted by atomic mass is 9.90. The number of carbonyl (C=O) groups excluding carboxylic acids is 1. The Morgan fingerprint density at radius 3 is 2.52 bits per heavy atom. The van der Waals surface area contributed by atoms with Crippen molar-refractivity contribution in [2.45, 2.75) is 37.8 Å². The van der Waals surface area contributed by atoms with Gasteiger partial charge in [-0.05, 0) is 54.8 Å². The van der Waals surface area contributed by atoms with Crippen LogP contribution in [0.15, 0.2) is 50.8 Å². The number of carbonyl (C=O) groups is 1. The first-order chi connectivity index (χ1) is 14.6. The van der Waals surface area contributed by atoms with Gasteiger partial charge in [-0.25, -0.2) is 21.9 Å². The van der Waals surface area contributed by atoms with Crippen molar-refractivity contribution in [3.63, 3.8) is 0 Å². The number of aromatic nitrogens is 2. The smallest absolute Gasteiger partial charge is 0.395 e. The highest BCUT2D eigenvalue weighted by Crippen LogP contribution is 2.42. The molecule has 0 unspecified atom stereocenters. The Hall–Kier alpha value is -2.98. The van der Waals surface area contributed by atoms with Gasteiger partial charge in [0.25, 0.3) is 15.9 Å². The zero-order valence-corrected chi connectivity index (χ0v) is 18.2. The van der Waals surface area contributed by atoms with E-state index in [4.69, 9.17) is 16.0 Å². The molecule has 11 heteroatoms. The van der Waals surface area contributed by atoms with Gasteiger partial charge in [0.05, 0.1) is 5.56 Å². The molecule has 0 spiro atoms. The number of amides is 1. The summed E-state index contributed by atoms with van der Waals surface area (Å²) in [7, 11) is -4.38. The Labute approximate surface area is 181 Å². The summed E-state index contributed by atoms with van der Waals surface area (Å²) < 4.78 is 47.5. The van der Waals surface area contributed by atoms with Gasteiger partial charge in [-0.15, -0.1) is 5.10 Å². The van der Waals surface area contributed by atoms with Crippen LogP contribution in [-0.4, -0.2) is 28.4 Å². The number of aryl methyl sites for hydroxylation is 1. The van der Waals surface area contributed by atoms with E-state index < -0.39 is 39.6 Å². The van der Waals surface area contributed by atoms with E-state index in [0.29, 0.717) is 9.87 Å². The van der Waals surface area contributed by atoms with Gasteiger partial charge in [-0.2, -0.15) is 4.68 Å². The topological polar surface area (TPSA) is 102 Å². The number of nitrogens with zero attached hydrogens (tertiary/aromatic N) is 3. The lowest BCUT2D eigenvalue weighted by Gasteiger charge is -2.31. The fraction of sp³-hybridized carbons (Fsp3) is 0.250. The maximum atomic E-state index is 14.9. The first-order valence-corrected chi connectivity index (χ1v) is 11.0. The molecule has 3 aromatic rings. The number of fused-ring (bicyclic) bond motifs is 1. The van der Waals surface area contributed by atoms with Crippen LogP contribution in [-0.2, 0) is 10.0 Å². The predicted octanol–water partition coefficient (Wildman–Crippen LogP) is 3.39. The molecule has 0 saturated carbocycles. The van der Waals surface area contributed by atoms with E-state index >= 15 is 0 Å². The number of hydrogen-bond acceptors (Lipinski definition) is 6. The second-order valence-electron chi connectivity index (χ2n) is 7.30. The molecule has 0 aliphatic carbocycles. The highest BCUT2D eigenvalue weighted by molar-refractivity contribution is 7.90. The van der Waals surface area contributed by atoms with Crippen molar-refractivity contribution in [3.05, 3.63) is 80.4 Å².